The molecule has 0 aromatic rings. The van der Waals surface area contributed by atoms with Gasteiger partial charge in [-0.2, -0.15) is 0 Å². The van der Waals surface area contributed by atoms with Crippen LogP contribution in [0.25, 0.3) is 0 Å². The molecule has 0 radical (unpaired) electrons. The summed E-state index contributed by atoms with van der Waals surface area (Å²) in [6.45, 7) is 9.27. The quantitative estimate of drug-likeness (QED) is 0.628. The van der Waals surface area contributed by atoms with Gasteiger partial charge in [-0.05, 0) is 54.8 Å². The molecule has 0 aliphatic heterocycles. The van der Waals surface area contributed by atoms with E-state index in [1.165, 1.54) is 12.8 Å². The third kappa shape index (κ3) is 0.816. The van der Waals surface area contributed by atoms with Crippen molar-refractivity contribution in [3.05, 3.63) is 0 Å². The van der Waals surface area contributed by atoms with Gasteiger partial charge in [-0.1, -0.05) is 20.8 Å². The monoisotopic (exact) mass is 194 g/mol. The van der Waals surface area contributed by atoms with E-state index in [2.05, 4.69) is 20.8 Å². The highest BCUT2D eigenvalue weighted by Gasteiger charge is 2.75. The summed E-state index contributed by atoms with van der Waals surface area (Å²) in [5.41, 5.74) is 1.13. The van der Waals surface area contributed by atoms with Crippen LogP contribution in [-0.2, 0) is 0 Å². The minimum atomic E-state index is -0.401. The van der Waals surface area contributed by atoms with Crippen molar-refractivity contribution >= 4 is 0 Å². The van der Waals surface area contributed by atoms with Crippen molar-refractivity contribution in [2.24, 2.45) is 22.2 Å². The maximum absolute atomic E-state index is 10.3. The largest absolute Gasteiger partial charge is 0.390 e. The summed E-state index contributed by atoms with van der Waals surface area (Å²) in [5, 5.41) is 10.3. The summed E-state index contributed by atoms with van der Waals surface area (Å²) >= 11 is 0. The first-order valence-electron chi connectivity index (χ1n) is 5.92. The van der Waals surface area contributed by atoms with Crippen molar-refractivity contribution < 1.29 is 5.11 Å². The lowest BCUT2D eigenvalue weighted by Gasteiger charge is -2.80. The molecule has 3 aliphatic carbocycles. The van der Waals surface area contributed by atoms with Gasteiger partial charge in [-0.25, -0.2) is 0 Å². The van der Waals surface area contributed by atoms with E-state index in [1.807, 2.05) is 6.92 Å². The molecule has 0 amide bonds. The minimum Gasteiger partial charge on any atom is -0.390 e. The van der Waals surface area contributed by atoms with Crippen LogP contribution in [0.4, 0.5) is 0 Å². The van der Waals surface area contributed by atoms with Crippen LogP contribution in [0, 0.1) is 22.2 Å². The first-order valence-corrected chi connectivity index (χ1v) is 5.92. The molecule has 1 nitrogen and oxygen atoms in total. The predicted octanol–water partition coefficient (Wildman–Crippen LogP) is 2.97. The number of aliphatic hydroxyl groups is 1. The Bertz CT molecular complexity index is 282. The molecule has 2 unspecified atom stereocenters. The maximum atomic E-state index is 10.3. The van der Waals surface area contributed by atoms with E-state index in [0.717, 1.165) is 18.8 Å². The zero-order valence-corrected chi connectivity index (χ0v) is 9.85. The fourth-order valence-corrected chi connectivity index (χ4v) is 6.71. The van der Waals surface area contributed by atoms with Gasteiger partial charge < -0.3 is 5.11 Å². The fraction of sp³-hybridized carbons (Fsp3) is 1.00. The number of hydrogen-bond donors (Lipinski definition) is 1. The molecule has 3 saturated carbocycles. The second-order valence-corrected chi connectivity index (χ2v) is 7.60. The molecule has 1 heteroatoms. The molecule has 1 N–H and O–H groups in total. The van der Waals surface area contributed by atoms with E-state index in [0.29, 0.717) is 16.2 Å². The summed E-state index contributed by atoms with van der Waals surface area (Å²) in [5.74, 6) is 0.891. The van der Waals surface area contributed by atoms with Crippen molar-refractivity contribution in [2.75, 3.05) is 0 Å². The Balaban J connectivity index is 1.98. The molecule has 3 fully saturated rings. The highest BCUT2D eigenvalue weighted by Crippen LogP contribution is 2.82. The Morgan fingerprint density at radius 2 is 1.14 bits per heavy atom. The van der Waals surface area contributed by atoms with E-state index in [9.17, 15) is 5.11 Å². The second-order valence-electron chi connectivity index (χ2n) is 7.60. The molecule has 0 saturated heterocycles. The Hall–Kier alpha value is -0.0400. The summed E-state index contributed by atoms with van der Waals surface area (Å²) in [7, 11) is 0. The van der Waals surface area contributed by atoms with Crippen LogP contribution in [0.3, 0.4) is 0 Å². The third-order valence-electron chi connectivity index (χ3n) is 5.28. The van der Waals surface area contributed by atoms with Gasteiger partial charge in [0, 0.05) is 0 Å². The molecule has 0 heterocycles. The van der Waals surface area contributed by atoms with E-state index in [-0.39, 0.29) is 0 Å². The average molecular weight is 194 g/mol. The fourth-order valence-electron chi connectivity index (χ4n) is 6.71. The van der Waals surface area contributed by atoms with Gasteiger partial charge in [0.05, 0.1) is 5.60 Å². The van der Waals surface area contributed by atoms with Crippen molar-refractivity contribution in [1.82, 2.24) is 0 Å². The normalized spacial score (nSPS) is 70.5. The van der Waals surface area contributed by atoms with Gasteiger partial charge in [0.15, 0.2) is 0 Å². The van der Waals surface area contributed by atoms with Gasteiger partial charge >= 0.3 is 0 Å². The molecule has 14 heavy (non-hydrogen) atoms. The Labute approximate surface area is 86.9 Å². The van der Waals surface area contributed by atoms with Crippen molar-refractivity contribution in [2.45, 2.75) is 59.0 Å². The van der Waals surface area contributed by atoms with Gasteiger partial charge in [0.25, 0.3) is 0 Å². The highest BCUT2D eigenvalue weighted by molar-refractivity contribution is 5.25. The van der Waals surface area contributed by atoms with Crippen LogP contribution >= 0.6 is 0 Å². The molecule has 0 aromatic carbocycles. The molecule has 0 bridgehead atoms. The van der Waals surface area contributed by atoms with Crippen molar-refractivity contribution in [3.8, 4) is 0 Å². The standard InChI is InChI=1S/C13H22O/c1-10-5-11(2)7-13(4,14)8-12(3,6-10)9(10)11/h9,14H,5-8H2,1-4H3. The van der Waals surface area contributed by atoms with Crippen LogP contribution in [-0.4, -0.2) is 10.7 Å². The van der Waals surface area contributed by atoms with Gasteiger partial charge in [0.2, 0.25) is 0 Å². The van der Waals surface area contributed by atoms with E-state index in [4.69, 9.17) is 0 Å². The summed E-state index contributed by atoms with van der Waals surface area (Å²) in [6.07, 6.45) is 4.73. The molecule has 3 aliphatic rings. The van der Waals surface area contributed by atoms with Crippen molar-refractivity contribution in [1.29, 1.82) is 0 Å². The molecule has 2 atom stereocenters. The summed E-state index contributed by atoms with van der Waals surface area (Å²) in [4.78, 5) is 0. The first-order chi connectivity index (χ1) is 6.19. The summed E-state index contributed by atoms with van der Waals surface area (Å²) < 4.78 is 0. The first kappa shape index (κ1) is 9.21. The maximum Gasteiger partial charge on any atom is 0.0630 e. The molecular formula is C13H22O. The van der Waals surface area contributed by atoms with E-state index < -0.39 is 5.60 Å². The van der Waals surface area contributed by atoms with E-state index >= 15 is 0 Å². The predicted molar refractivity (Wildman–Crippen MR) is 56.9 cm³/mol. The SMILES string of the molecule is CC1(O)CC2(C)CC3(C)CC(C)(C1)C23. The average Bonchev–Trinajstić information content (AvgIpc) is 1.72. The minimum absolute atomic E-state index is 0.401. The topological polar surface area (TPSA) is 20.2 Å². The Morgan fingerprint density at radius 1 is 0.786 bits per heavy atom. The van der Waals surface area contributed by atoms with Gasteiger partial charge in [-0.3, -0.25) is 0 Å². The van der Waals surface area contributed by atoms with Crippen LogP contribution in [0.2, 0.25) is 0 Å². The molecular weight excluding hydrogens is 172 g/mol. The molecule has 0 aromatic heterocycles. The number of rotatable bonds is 0. The lowest BCUT2D eigenvalue weighted by Crippen LogP contribution is -2.74. The van der Waals surface area contributed by atoms with Crippen molar-refractivity contribution in [3.63, 3.8) is 0 Å². The van der Waals surface area contributed by atoms with Crippen LogP contribution in [0.1, 0.15) is 53.4 Å². The van der Waals surface area contributed by atoms with Gasteiger partial charge in [0.1, 0.15) is 0 Å². The second kappa shape index (κ2) is 1.93. The smallest absolute Gasteiger partial charge is 0.0630 e. The third-order valence-corrected chi connectivity index (χ3v) is 5.28. The van der Waals surface area contributed by atoms with Crippen LogP contribution < -0.4 is 0 Å². The lowest BCUT2D eigenvalue weighted by molar-refractivity contribution is -0.328. The van der Waals surface area contributed by atoms with Crippen LogP contribution in [0.15, 0.2) is 0 Å². The molecule has 3 rings (SSSR count). The molecule has 0 spiro atoms. The van der Waals surface area contributed by atoms with E-state index in [1.54, 1.807) is 0 Å². The zero-order chi connectivity index (χ0) is 10.4. The lowest BCUT2D eigenvalue weighted by atomic mass is 9.25. The molecule has 80 valence electrons. The van der Waals surface area contributed by atoms with Gasteiger partial charge in [-0.15, -0.1) is 0 Å². The summed E-state index contributed by atoms with van der Waals surface area (Å²) in [6, 6.07) is 0. The highest BCUT2D eigenvalue weighted by atomic mass is 16.3. The van der Waals surface area contributed by atoms with Crippen LogP contribution in [0.5, 0.6) is 0 Å². The Kier molecular flexibility index (Phi) is 1.27. The zero-order valence-electron chi connectivity index (χ0n) is 9.85. The number of hydrogen-bond acceptors (Lipinski definition) is 1. The Morgan fingerprint density at radius 3 is 1.50 bits per heavy atom.